The van der Waals surface area contributed by atoms with Crippen molar-refractivity contribution in [1.29, 1.82) is 0 Å². The maximum Gasteiger partial charge on any atom is 0.338 e. The van der Waals surface area contributed by atoms with Crippen LogP contribution in [0.15, 0.2) is 65.8 Å². The van der Waals surface area contributed by atoms with Gasteiger partial charge >= 0.3 is 5.97 Å². The summed E-state index contributed by atoms with van der Waals surface area (Å²) in [6.07, 6.45) is 18.3. The number of benzene rings is 1. The fraction of sp³-hybridized carbons (Fsp3) is 0.629. The Hall–Kier alpha value is -2.09. The first-order valence-electron chi connectivity index (χ1n) is 15.0. The Bertz CT molecular complexity index is 1080. The van der Waals surface area contributed by atoms with Gasteiger partial charge < -0.3 is 4.74 Å². The van der Waals surface area contributed by atoms with Crippen molar-refractivity contribution in [2.45, 2.75) is 92.6 Å². The van der Waals surface area contributed by atoms with Crippen LogP contribution in [0.25, 0.3) is 0 Å². The SMILES string of the molecule is CC(C)[C@@H](C)C=C[C@@H](C)[C@H]1CC[C@H]2C3=CC=C4C[C@@H](OC(=O)c5ccccc5)CC[C@]4(C)[C@H]3CC[C@]12C. The molecule has 2 nitrogen and oxygen atoms in total. The number of fused-ring (bicyclic) bond motifs is 5. The highest BCUT2D eigenvalue weighted by atomic mass is 16.5. The summed E-state index contributed by atoms with van der Waals surface area (Å²) in [5.74, 6) is 3.97. The first-order chi connectivity index (χ1) is 17.6. The van der Waals surface area contributed by atoms with Crippen molar-refractivity contribution in [1.82, 2.24) is 0 Å². The number of hydrogen-bond donors (Lipinski definition) is 0. The van der Waals surface area contributed by atoms with Crippen LogP contribution >= 0.6 is 0 Å². The molecule has 0 saturated heterocycles. The Labute approximate surface area is 225 Å². The van der Waals surface area contributed by atoms with Gasteiger partial charge in [0.15, 0.2) is 0 Å². The minimum atomic E-state index is -0.182. The lowest BCUT2D eigenvalue weighted by Gasteiger charge is -2.55. The molecule has 0 aliphatic heterocycles. The van der Waals surface area contributed by atoms with E-state index in [9.17, 15) is 4.79 Å². The zero-order valence-electron chi connectivity index (χ0n) is 24.0. The van der Waals surface area contributed by atoms with Gasteiger partial charge in [0.05, 0.1) is 5.56 Å². The van der Waals surface area contributed by atoms with E-state index >= 15 is 0 Å². The molecule has 8 atom stereocenters. The van der Waals surface area contributed by atoms with E-state index in [4.69, 9.17) is 4.74 Å². The molecule has 1 aromatic rings. The van der Waals surface area contributed by atoms with Gasteiger partial charge in [-0.05, 0) is 97.0 Å². The van der Waals surface area contributed by atoms with Crippen LogP contribution in [0, 0.1) is 46.3 Å². The van der Waals surface area contributed by atoms with Crippen molar-refractivity contribution in [2.24, 2.45) is 46.3 Å². The highest BCUT2D eigenvalue weighted by Gasteiger charge is 2.57. The van der Waals surface area contributed by atoms with E-state index in [1.807, 2.05) is 30.3 Å². The van der Waals surface area contributed by atoms with Crippen molar-refractivity contribution < 1.29 is 9.53 Å². The lowest BCUT2D eigenvalue weighted by atomic mass is 9.50. The topological polar surface area (TPSA) is 26.3 Å². The summed E-state index contributed by atoms with van der Waals surface area (Å²) in [4.78, 5) is 12.7. The molecule has 3 saturated carbocycles. The summed E-state index contributed by atoms with van der Waals surface area (Å²) in [5, 5.41) is 0. The van der Waals surface area contributed by atoms with Crippen molar-refractivity contribution in [2.75, 3.05) is 0 Å². The monoisotopic (exact) mass is 500 g/mol. The molecule has 4 aliphatic carbocycles. The molecular formula is C35H48O2. The molecule has 0 unspecified atom stereocenters. The van der Waals surface area contributed by atoms with Crippen LogP contribution in [-0.2, 0) is 4.74 Å². The van der Waals surface area contributed by atoms with E-state index in [0.29, 0.717) is 34.7 Å². The normalized spacial score (nSPS) is 36.7. The zero-order valence-corrected chi connectivity index (χ0v) is 24.0. The van der Waals surface area contributed by atoms with Crippen molar-refractivity contribution in [3.8, 4) is 0 Å². The summed E-state index contributed by atoms with van der Waals surface area (Å²) in [6.45, 7) is 14.6. The molecule has 200 valence electrons. The largest absolute Gasteiger partial charge is 0.458 e. The average molecular weight is 501 g/mol. The Morgan fingerprint density at radius 2 is 1.68 bits per heavy atom. The van der Waals surface area contributed by atoms with Crippen LogP contribution in [0.1, 0.15) is 96.8 Å². The fourth-order valence-electron chi connectivity index (χ4n) is 8.47. The van der Waals surface area contributed by atoms with Crippen molar-refractivity contribution in [3.05, 3.63) is 71.3 Å². The minimum absolute atomic E-state index is 0.00688. The van der Waals surface area contributed by atoms with Gasteiger partial charge in [-0.15, -0.1) is 0 Å². The second-order valence-corrected chi connectivity index (χ2v) is 13.6. The van der Waals surface area contributed by atoms with Gasteiger partial charge in [-0.25, -0.2) is 4.79 Å². The number of hydrogen-bond acceptors (Lipinski definition) is 2. The van der Waals surface area contributed by atoms with E-state index in [2.05, 4.69) is 65.8 Å². The molecule has 0 N–H and O–H groups in total. The number of carbonyl (C=O) groups is 1. The van der Waals surface area contributed by atoms with E-state index in [-0.39, 0.29) is 17.5 Å². The number of esters is 1. The van der Waals surface area contributed by atoms with Crippen molar-refractivity contribution >= 4 is 5.97 Å². The molecule has 0 heterocycles. The highest BCUT2D eigenvalue weighted by Crippen LogP contribution is 2.66. The molecule has 4 aliphatic rings. The Morgan fingerprint density at radius 3 is 2.41 bits per heavy atom. The van der Waals surface area contributed by atoms with E-state index in [0.717, 1.165) is 31.1 Å². The maximum atomic E-state index is 12.7. The van der Waals surface area contributed by atoms with E-state index < -0.39 is 0 Å². The molecule has 37 heavy (non-hydrogen) atoms. The second kappa shape index (κ2) is 10.2. The minimum Gasteiger partial charge on any atom is -0.458 e. The molecule has 2 heteroatoms. The smallest absolute Gasteiger partial charge is 0.338 e. The molecular weight excluding hydrogens is 452 g/mol. The van der Waals surface area contributed by atoms with Gasteiger partial charge in [0, 0.05) is 6.42 Å². The lowest BCUT2D eigenvalue weighted by molar-refractivity contribution is 0.00691. The third-order valence-corrected chi connectivity index (χ3v) is 11.3. The first-order valence-corrected chi connectivity index (χ1v) is 15.0. The maximum absolute atomic E-state index is 12.7. The third-order valence-electron chi connectivity index (χ3n) is 11.3. The van der Waals surface area contributed by atoms with Gasteiger partial charge in [-0.1, -0.05) is 95.2 Å². The molecule has 3 fully saturated rings. The first kappa shape index (κ1) is 26.5. The van der Waals surface area contributed by atoms with Gasteiger partial charge in [-0.2, -0.15) is 0 Å². The summed E-state index contributed by atoms with van der Waals surface area (Å²) >= 11 is 0. The molecule has 1 aromatic carbocycles. The highest BCUT2D eigenvalue weighted by molar-refractivity contribution is 5.89. The Balaban J connectivity index is 1.31. The molecule has 0 amide bonds. The van der Waals surface area contributed by atoms with Crippen LogP contribution in [0.2, 0.25) is 0 Å². The van der Waals surface area contributed by atoms with Crippen LogP contribution in [0.3, 0.4) is 0 Å². The van der Waals surface area contributed by atoms with Gasteiger partial charge in [0.2, 0.25) is 0 Å². The molecule has 5 rings (SSSR count). The van der Waals surface area contributed by atoms with Gasteiger partial charge in [-0.3, -0.25) is 0 Å². The number of allylic oxidation sites excluding steroid dienone is 5. The second-order valence-electron chi connectivity index (χ2n) is 13.6. The predicted molar refractivity (Wildman–Crippen MR) is 153 cm³/mol. The summed E-state index contributed by atoms with van der Waals surface area (Å²) < 4.78 is 5.98. The van der Waals surface area contributed by atoms with Gasteiger partial charge in [0.25, 0.3) is 0 Å². The standard InChI is InChI=1S/C35H48O2/c1-23(2)24(3)12-13-25(4)30-16-17-31-29-15-14-27-22-28(37-33(36)26-10-8-7-9-11-26)18-20-34(27,5)32(29)19-21-35(30,31)6/h7-15,23-25,28,30-32H,16-22H2,1-6H3/t24-,25+,28-,30+,31-,32-,34-,35+/m0/s1. The quantitative estimate of drug-likeness (QED) is 0.287. The third kappa shape index (κ3) is 4.79. The van der Waals surface area contributed by atoms with Crippen LogP contribution in [-0.4, -0.2) is 12.1 Å². The molecule has 0 aromatic heterocycles. The summed E-state index contributed by atoms with van der Waals surface area (Å²) in [6, 6.07) is 9.43. The number of rotatable bonds is 6. The number of ether oxygens (including phenoxy) is 1. The fourth-order valence-corrected chi connectivity index (χ4v) is 8.47. The average Bonchev–Trinajstić information content (AvgIpc) is 3.25. The van der Waals surface area contributed by atoms with E-state index in [1.54, 1.807) is 5.57 Å². The molecule has 0 bridgehead atoms. The van der Waals surface area contributed by atoms with E-state index in [1.165, 1.54) is 31.3 Å². The number of carbonyl (C=O) groups excluding carboxylic acids is 1. The molecule has 0 radical (unpaired) electrons. The lowest BCUT2D eigenvalue weighted by Crippen LogP contribution is -2.46. The Kier molecular flexibility index (Phi) is 7.33. The predicted octanol–water partition coefficient (Wildman–Crippen LogP) is 9.20. The Morgan fingerprint density at radius 1 is 0.919 bits per heavy atom. The zero-order chi connectivity index (χ0) is 26.4. The summed E-state index contributed by atoms with van der Waals surface area (Å²) in [7, 11) is 0. The van der Waals surface area contributed by atoms with Crippen LogP contribution in [0.4, 0.5) is 0 Å². The summed E-state index contributed by atoms with van der Waals surface area (Å²) in [5.41, 5.74) is 4.54. The van der Waals surface area contributed by atoms with Crippen molar-refractivity contribution in [3.63, 3.8) is 0 Å². The van der Waals surface area contributed by atoms with Crippen LogP contribution < -0.4 is 0 Å². The molecule has 0 spiro atoms. The van der Waals surface area contributed by atoms with Crippen LogP contribution in [0.5, 0.6) is 0 Å². The van der Waals surface area contributed by atoms with Gasteiger partial charge in [0.1, 0.15) is 6.10 Å².